The quantitative estimate of drug-likeness (QED) is 0.555. The normalized spacial score (nSPS) is 12.0. The highest BCUT2D eigenvalue weighted by atomic mass is 15.1. The standard InChI is InChI=1S/C18H28N6/c1-12(5-4-6-19)10-21-17-9-18(23-11-22-17)24-16-8-14(3)13(2)7-15(16)20/h7-9,11-12H,4-6,10,19-20H2,1-3H3,(H2,21,22,23,24). The van der Waals surface area contributed by atoms with Gasteiger partial charge in [-0.2, -0.15) is 0 Å². The van der Waals surface area contributed by atoms with E-state index in [0.717, 1.165) is 43.3 Å². The number of nitrogens with two attached hydrogens (primary N) is 2. The van der Waals surface area contributed by atoms with Crippen LogP contribution in [0.2, 0.25) is 0 Å². The first-order valence-corrected chi connectivity index (χ1v) is 8.39. The molecule has 2 rings (SSSR count). The fraction of sp³-hybridized carbons (Fsp3) is 0.444. The highest BCUT2D eigenvalue weighted by Gasteiger charge is 2.06. The van der Waals surface area contributed by atoms with E-state index in [4.69, 9.17) is 11.5 Å². The monoisotopic (exact) mass is 328 g/mol. The smallest absolute Gasteiger partial charge is 0.135 e. The van der Waals surface area contributed by atoms with Gasteiger partial charge in [-0.05, 0) is 62.4 Å². The summed E-state index contributed by atoms with van der Waals surface area (Å²) in [7, 11) is 0. The highest BCUT2D eigenvalue weighted by molar-refractivity contribution is 5.73. The molecule has 1 aromatic carbocycles. The van der Waals surface area contributed by atoms with Gasteiger partial charge >= 0.3 is 0 Å². The van der Waals surface area contributed by atoms with Crippen molar-refractivity contribution in [3.05, 3.63) is 35.7 Å². The fourth-order valence-electron chi connectivity index (χ4n) is 2.45. The largest absolute Gasteiger partial charge is 0.397 e. The summed E-state index contributed by atoms with van der Waals surface area (Å²) in [6.07, 6.45) is 3.71. The topological polar surface area (TPSA) is 102 Å². The van der Waals surface area contributed by atoms with E-state index in [1.165, 1.54) is 11.1 Å². The van der Waals surface area contributed by atoms with Crippen molar-refractivity contribution in [1.82, 2.24) is 9.97 Å². The maximum atomic E-state index is 6.09. The third-order valence-electron chi connectivity index (χ3n) is 4.13. The lowest BCUT2D eigenvalue weighted by Crippen LogP contribution is -2.14. The predicted molar refractivity (Wildman–Crippen MR) is 102 cm³/mol. The number of nitrogens with zero attached hydrogens (tertiary/aromatic N) is 2. The molecule has 6 N–H and O–H groups in total. The van der Waals surface area contributed by atoms with Crippen LogP contribution in [0.4, 0.5) is 23.0 Å². The molecule has 0 aliphatic heterocycles. The summed E-state index contributed by atoms with van der Waals surface area (Å²) < 4.78 is 0. The Morgan fingerprint density at radius 1 is 1.08 bits per heavy atom. The predicted octanol–water partition coefficient (Wildman–Crippen LogP) is 3.21. The van der Waals surface area contributed by atoms with Crippen molar-refractivity contribution in [3.8, 4) is 0 Å². The summed E-state index contributed by atoms with van der Waals surface area (Å²) in [5.41, 5.74) is 15.6. The summed E-state index contributed by atoms with van der Waals surface area (Å²) in [5.74, 6) is 2.07. The molecule has 0 radical (unpaired) electrons. The second-order valence-electron chi connectivity index (χ2n) is 6.35. The van der Waals surface area contributed by atoms with Crippen molar-refractivity contribution in [2.24, 2.45) is 11.7 Å². The number of hydrogen-bond acceptors (Lipinski definition) is 6. The van der Waals surface area contributed by atoms with Gasteiger partial charge < -0.3 is 22.1 Å². The van der Waals surface area contributed by atoms with Crippen LogP contribution >= 0.6 is 0 Å². The molecular formula is C18H28N6. The summed E-state index contributed by atoms with van der Waals surface area (Å²) in [5, 5.41) is 6.62. The van der Waals surface area contributed by atoms with Gasteiger partial charge in [0.1, 0.15) is 18.0 Å². The lowest BCUT2D eigenvalue weighted by molar-refractivity contribution is 0.537. The van der Waals surface area contributed by atoms with E-state index in [-0.39, 0.29) is 0 Å². The van der Waals surface area contributed by atoms with Crippen LogP contribution in [0, 0.1) is 19.8 Å². The van der Waals surface area contributed by atoms with Gasteiger partial charge in [0.15, 0.2) is 0 Å². The fourth-order valence-corrected chi connectivity index (χ4v) is 2.45. The average molecular weight is 328 g/mol. The van der Waals surface area contributed by atoms with Gasteiger partial charge in [-0.3, -0.25) is 0 Å². The van der Waals surface area contributed by atoms with Gasteiger partial charge in [-0.1, -0.05) is 6.92 Å². The van der Waals surface area contributed by atoms with E-state index in [9.17, 15) is 0 Å². The first-order chi connectivity index (χ1) is 11.5. The lowest BCUT2D eigenvalue weighted by atomic mass is 10.1. The Morgan fingerprint density at radius 2 is 1.79 bits per heavy atom. The van der Waals surface area contributed by atoms with Gasteiger partial charge in [0, 0.05) is 12.6 Å². The Kier molecular flexibility index (Phi) is 6.37. The molecule has 0 fully saturated rings. The minimum absolute atomic E-state index is 0.551. The first-order valence-electron chi connectivity index (χ1n) is 8.39. The maximum Gasteiger partial charge on any atom is 0.135 e. The molecule has 0 amide bonds. The third kappa shape index (κ3) is 5.09. The molecule has 0 aliphatic carbocycles. The van der Waals surface area contributed by atoms with Gasteiger partial charge in [0.05, 0.1) is 11.4 Å². The van der Waals surface area contributed by atoms with Crippen LogP contribution in [0.15, 0.2) is 24.5 Å². The third-order valence-corrected chi connectivity index (χ3v) is 4.13. The summed E-state index contributed by atoms with van der Waals surface area (Å²) in [4.78, 5) is 8.54. The van der Waals surface area contributed by atoms with Crippen molar-refractivity contribution < 1.29 is 0 Å². The van der Waals surface area contributed by atoms with Crippen molar-refractivity contribution in [3.63, 3.8) is 0 Å². The molecule has 1 aromatic heterocycles. The number of rotatable bonds is 8. The number of anilines is 4. The van der Waals surface area contributed by atoms with Crippen molar-refractivity contribution in [2.45, 2.75) is 33.6 Å². The Labute approximate surface area is 144 Å². The van der Waals surface area contributed by atoms with Crippen molar-refractivity contribution in [2.75, 3.05) is 29.5 Å². The van der Waals surface area contributed by atoms with Crippen LogP contribution in [0.3, 0.4) is 0 Å². The Bertz CT molecular complexity index is 671. The Hall–Kier alpha value is -2.34. The highest BCUT2D eigenvalue weighted by Crippen LogP contribution is 2.26. The molecule has 1 atom stereocenters. The molecule has 1 heterocycles. The van der Waals surface area contributed by atoms with E-state index < -0.39 is 0 Å². The van der Waals surface area contributed by atoms with E-state index in [1.54, 1.807) is 6.33 Å². The molecule has 1 unspecified atom stereocenters. The number of aromatic nitrogens is 2. The van der Waals surface area contributed by atoms with Crippen LogP contribution in [-0.2, 0) is 0 Å². The minimum atomic E-state index is 0.551. The molecule has 0 saturated heterocycles. The molecule has 6 heteroatoms. The van der Waals surface area contributed by atoms with E-state index in [1.807, 2.05) is 25.1 Å². The molecule has 0 saturated carbocycles. The van der Waals surface area contributed by atoms with Gasteiger partial charge in [-0.25, -0.2) is 9.97 Å². The zero-order valence-electron chi connectivity index (χ0n) is 14.8. The maximum absolute atomic E-state index is 6.09. The SMILES string of the molecule is Cc1cc(N)c(Nc2cc(NCC(C)CCCN)ncn2)cc1C. The first kappa shape index (κ1) is 18.0. The molecule has 0 bridgehead atoms. The summed E-state index contributed by atoms with van der Waals surface area (Å²) in [6.45, 7) is 7.92. The molecule has 6 nitrogen and oxygen atoms in total. The van der Waals surface area contributed by atoms with Gasteiger partial charge in [-0.15, -0.1) is 0 Å². The zero-order chi connectivity index (χ0) is 17.5. The van der Waals surface area contributed by atoms with E-state index in [2.05, 4.69) is 34.4 Å². The van der Waals surface area contributed by atoms with Crippen LogP contribution in [0.5, 0.6) is 0 Å². The van der Waals surface area contributed by atoms with Gasteiger partial charge in [0.2, 0.25) is 0 Å². The number of aryl methyl sites for hydroxylation is 2. The Morgan fingerprint density at radius 3 is 2.54 bits per heavy atom. The van der Waals surface area contributed by atoms with Crippen LogP contribution in [-0.4, -0.2) is 23.1 Å². The van der Waals surface area contributed by atoms with E-state index in [0.29, 0.717) is 11.6 Å². The van der Waals surface area contributed by atoms with Crippen molar-refractivity contribution >= 4 is 23.0 Å². The summed E-state index contributed by atoms with van der Waals surface area (Å²) >= 11 is 0. The molecule has 130 valence electrons. The Balaban J connectivity index is 2.01. The molecular weight excluding hydrogens is 300 g/mol. The van der Waals surface area contributed by atoms with Gasteiger partial charge in [0.25, 0.3) is 0 Å². The second kappa shape index (κ2) is 8.49. The average Bonchev–Trinajstić information content (AvgIpc) is 2.56. The zero-order valence-corrected chi connectivity index (χ0v) is 14.8. The number of benzene rings is 1. The van der Waals surface area contributed by atoms with E-state index >= 15 is 0 Å². The van der Waals surface area contributed by atoms with Crippen LogP contribution in [0.1, 0.15) is 30.9 Å². The minimum Gasteiger partial charge on any atom is -0.397 e. The van der Waals surface area contributed by atoms with Crippen LogP contribution < -0.4 is 22.1 Å². The number of hydrogen-bond donors (Lipinski definition) is 4. The van der Waals surface area contributed by atoms with Crippen LogP contribution in [0.25, 0.3) is 0 Å². The molecule has 0 spiro atoms. The molecule has 2 aromatic rings. The molecule has 0 aliphatic rings. The molecule has 24 heavy (non-hydrogen) atoms. The second-order valence-corrected chi connectivity index (χ2v) is 6.35. The lowest BCUT2D eigenvalue weighted by Gasteiger charge is -2.14. The summed E-state index contributed by atoms with van der Waals surface area (Å²) in [6, 6.07) is 5.90. The number of nitrogen functional groups attached to an aromatic ring is 1. The number of nitrogens with one attached hydrogen (secondary N) is 2. The van der Waals surface area contributed by atoms with Crippen molar-refractivity contribution in [1.29, 1.82) is 0 Å².